The van der Waals surface area contributed by atoms with Gasteiger partial charge in [0.1, 0.15) is 23.7 Å². The number of hydrogen-bond acceptors (Lipinski definition) is 7. The molecule has 2 amide bonds. The zero-order chi connectivity index (χ0) is 27.5. The van der Waals surface area contributed by atoms with Crippen LogP contribution in [0.15, 0.2) is 48.7 Å². The highest BCUT2D eigenvalue weighted by Crippen LogP contribution is 2.37. The Morgan fingerprint density at radius 3 is 2.87 bits per heavy atom. The maximum Gasteiger partial charge on any atom is 0.248 e. The van der Waals surface area contributed by atoms with Crippen molar-refractivity contribution in [2.75, 3.05) is 30.9 Å². The van der Waals surface area contributed by atoms with Gasteiger partial charge in [0.25, 0.3) is 0 Å². The Hall–Kier alpha value is -4.20. The highest BCUT2D eigenvalue weighted by molar-refractivity contribution is 6.31. The molecule has 3 heterocycles. The number of aromatic nitrogens is 1. The fourth-order valence-corrected chi connectivity index (χ4v) is 4.74. The number of carbonyl (C=O) groups excluding carboxylic acids is 2. The molecule has 2 saturated heterocycles. The van der Waals surface area contributed by atoms with E-state index in [-0.39, 0.29) is 28.6 Å². The van der Waals surface area contributed by atoms with Crippen LogP contribution in [0, 0.1) is 17.1 Å². The molecule has 2 aliphatic rings. The maximum atomic E-state index is 13.7. The molecule has 5 rings (SSSR count). The Bertz CT molecular complexity index is 1520. The highest BCUT2D eigenvalue weighted by atomic mass is 35.5. The molecule has 0 spiro atoms. The number of rotatable bonds is 7. The minimum atomic E-state index is -0.564. The number of hydrogen-bond donors (Lipinski definition) is 2. The van der Waals surface area contributed by atoms with Crippen molar-refractivity contribution in [2.45, 2.75) is 31.4 Å². The van der Waals surface area contributed by atoms with Crippen LogP contribution in [0.3, 0.4) is 0 Å². The smallest absolute Gasteiger partial charge is 0.248 e. The molecule has 1 unspecified atom stereocenters. The number of ether oxygens (including phenoxy) is 2. The van der Waals surface area contributed by atoms with Crippen molar-refractivity contribution in [2.24, 2.45) is 0 Å². The van der Waals surface area contributed by atoms with E-state index in [0.717, 1.165) is 0 Å². The molecule has 9 nitrogen and oxygen atoms in total. The molecule has 2 atom stereocenters. The van der Waals surface area contributed by atoms with Gasteiger partial charge in [-0.3, -0.25) is 14.6 Å². The summed E-state index contributed by atoms with van der Waals surface area (Å²) in [4.78, 5) is 30.8. The number of likely N-dealkylation sites (N-methyl/N-ethyl adjacent to an activating group) is 1. The first-order valence-electron chi connectivity index (χ1n) is 12.4. The van der Waals surface area contributed by atoms with Crippen LogP contribution in [0.25, 0.3) is 10.9 Å². The zero-order valence-corrected chi connectivity index (χ0v) is 21.8. The summed E-state index contributed by atoms with van der Waals surface area (Å²) in [6.45, 7) is 1.00. The molecule has 2 N–H and O–H groups in total. The molecular formula is C28H25ClFN5O4. The van der Waals surface area contributed by atoms with Crippen LogP contribution in [-0.4, -0.2) is 54.1 Å². The molecule has 1 aromatic heterocycles. The number of nitriles is 1. The fraction of sp³-hybridized carbons (Fsp3) is 0.286. The molecule has 2 aliphatic heterocycles. The summed E-state index contributed by atoms with van der Waals surface area (Å²) < 4.78 is 25.3. The van der Waals surface area contributed by atoms with Crippen LogP contribution >= 0.6 is 11.6 Å². The predicted octanol–water partition coefficient (Wildman–Crippen LogP) is 4.93. The van der Waals surface area contributed by atoms with Crippen LogP contribution in [0.5, 0.6) is 5.75 Å². The number of benzene rings is 2. The summed E-state index contributed by atoms with van der Waals surface area (Å²) in [6.07, 6.45) is 6.14. The van der Waals surface area contributed by atoms with Gasteiger partial charge in [0.05, 0.1) is 46.7 Å². The lowest BCUT2D eigenvalue weighted by atomic mass is 10.1. The minimum absolute atomic E-state index is 0.0392. The number of amides is 2. The summed E-state index contributed by atoms with van der Waals surface area (Å²) in [5.41, 5.74) is 2.01. The van der Waals surface area contributed by atoms with Crippen molar-refractivity contribution in [1.29, 1.82) is 5.26 Å². The van der Waals surface area contributed by atoms with Crippen molar-refractivity contribution in [1.82, 2.24) is 9.88 Å². The van der Waals surface area contributed by atoms with E-state index in [2.05, 4.69) is 21.7 Å². The van der Waals surface area contributed by atoms with Gasteiger partial charge in [-0.25, -0.2) is 4.39 Å². The first-order valence-corrected chi connectivity index (χ1v) is 12.8. The number of nitrogens with zero attached hydrogens (tertiary/aromatic N) is 3. The van der Waals surface area contributed by atoms with E-state index in [1.165, 1.54) is 30.5 Å². The van der Waals surface area contributed by atoms with Crippen molar-refractivity contribution < 1.29 is 23.5 Å². The van der Waals surface area contributed by atoms with E-state index >= 15 is 0 Å². The Morgan fingerprint density at radius 1 is 1.33 bits per heavy atom. The topological polar surface area (TPSA) is 117 Å². The standard InChI is InChI=1S/C28H25ClFN5O4/c1-35-18(4-7-27(35)37)3-6-26(36)34-24-11-20-23(12-25(24)39-19-8-9-38-15-19)32-14-16(13-31)28(20)33-17-2-5-22(30)21(29)10-17/h2-3,5-6,10-12,14,18-19H,4,7-9,15H2,1H3,(H,32,33)(H,34,36)/b6-3+/t18?,19-/m0/s1. The second-order valence-electron chi connectivity index (χ2n) is 9.34. The van der Waals surface area contributed by atoms with Gasteiger partial charge in [0.15, 0.2) is 0 Å². The number of pyridine rings is 1. The van der Waals surface area contributed by atoms with Gasteiger partial charge in [-0.15, -0.1) is 0 Å². The summed E-state index contributed by atoms with van der Waals surface area (Å²) >= 11 is 5.96. The molecule has 3 aromatic rings. The second-order valence-corrected chi connectivity index (χ2v) is 9.75. The highest BCUT2D eigenvalue weighted by Gasteiger charge is 2.26. The monoisotopic (exact) mass is 549 g/mol. The third-order valence-electron chi connectivity index (χ3n) is 6.73. The predicted molar refractivity (Wildman–Crippen MR) is 145 cm³/mol. The molecule has 0 bridgehead atoms. The molecular weight excluding hydrogens is 525 g/mol. The Morgan fingerprint density at radius 2 is 2.18 bits per heavy atom. The summed E-state index contributed by atoms with van der Waals surface area (Å²) in [7, 11) is 1.71. The third kappa shape index (κ3) is 5.79. The van der Waals surface area contributed by atoms with E-state index in [0.29, 0.717) is 66.2 Å². The van der Waals surface area contributed by atoms with Crippen molar-refractivity contribution in [3.8, 4) is 11.8 Å². The third-order valence-corrected chi connectivity index (χ3v) is 7.02. The quantitative estimate of drug-likeness (QED) is 0.401. The van der Waals surface area contributed by atoms with Crippen LogP contribution in [0.2, 0.25) is 5.02 Å². The van der Waals surface area contributed by atoms with Crippen LogP contribution in [0.4, 0.5) is 21.5 Å². The molecule has 2 fully saturated rings. The number of likely N-dealkylation sites (tertiary alicyclic amines) is 1. The van der Waals surface area contributed by atoms with Gasteiger partial charge in [0.2, 0.25) is 11.8 Å². The molecule has 0 saturated carbocycles. The number of fused-ring (bicyclic) bond motifs is 1. The van der Waals surface area contributed by atoms with Crippen LogP contribution in [-0.2, 0) is 14.3 Å². The van der Waals surface area contributed by atoms with Crippen molar-refractivity contribution in [3.05, 3.63) is 65.1 Å². The van der Waals surface area contributed by atoms with E-state index in [4.69, 9.17) is 21.1 Å². The van der Waals surface area contributed by atoms with Crippen LogP contribution < -0.4 is 15.4 Å². The lowest BCUT2D eigenvalue weighted by Gasteiger charge is -2.19. The number of nitrogens with one attached hydrogen (secondary N) is 2. The van der Waals surface area contributed by atoms with Gasteiger partial charge in [-0.2, -0.15) is 5.26 Å². The average Bonchev–Trinajstić information content (AvgIpc) is 3.55. The first-order chi connectivity index (χ1) is 18.8. The number of halogens is 2. The first kappa shape index (κ1) is 26.4. The normalized spacial score (nSPS) is 19.0. The summed E-state index contributed by atoms with van der Waals surface area (Å²) in [5.74, 6) is -0.525. The number of carbonyl (C=O) groups is 2. The Labute approximate surface area is 229 Å². The lowest BCUT2D eigenvalue weighted by molar-refractivity contribution is -0.127. The molecule has 39 heavy (non-hydrogen) atoms. The zero-order valence-electron chi connectivity index (χ0n) is 21.0. The summed E-state index contributed by atoms with van der Waals surface area (Å²) in [5, 5.41) is 16.2. The maximum absolute atomic E-state index is 13.7. The summed E-state index contributed by atoms with van der Waals surface area (Å²) in [6, 6.07) is 9.49. The van der Waals surface area contributed by atoms with Crippen molar-refractivity contribution in [3.63, 3.8) is 0 Å². The van der Waals surface area contributed by atoms with E-state index in [9.17, 15) is 19.2 Å². The second kappa shape index (κ2) is 11.3. The largest absolute Gasteiger partial charge is 0.486 e. The van der Waals surface area contributed by atoms with Gasteiger partial charge in [-0.05, 0) is 30.7 Å². The van der Waals surface area contributed by atoms with Gasteiger partial charge >= 0.3 is 0 Å². The minimum Gasteiger partial charge on any atom is -0.486 e. The fourth-order valence-electron chi connectivity index (χ4n) is 4.56. The van der Waals surface area contributed by atoms with Gasteiger partial charge < -0.3 is 25.0 Å². The van der Waals surface area contributed by atoms with Gasteiger partial charge in [-0.1, -0.05) is 17.7 Å². The number of anilines is 3. The molecule has 0 radical (unpaired) electrons. The van der Waals surface area contributed by atoms with E-state index < -0.39 is 11.7 Å². The Kier molecular flexibility index (Phi) is 7.63. The lowest BCUT2D eigenvalue weighted by Crippen LogP contribution is -2.27. The van der Waals surface area contributed by atoms with E-state index in [1.54, 1.807) is 30.2 Å². The van der Waals surface area contributed by atoms with Crippen LogP contribution in [0.1, 0.15) is 24.8 Å². The van der Waals surface area contributed by atoms with Crippen molar-refractivity contribution >= 4 is 51.4 Å². The molecule has 0 aliphatic carbocycles. The average molecular weight is 550 g/mol. The SMILES string of the molecule is CN1C(=O)CCC1/C=C/C(=O)Nc1cc2c(Nc3ccc(F)c(Cl)c3)c(C#N)cnc2cc1O[C@H]1CCOC1. The van der Waals surface area contributed by atoms with Gasteiger partial charge in [0, 0.05) is 49.3 Å². The molecule has 200 valence electrons. The molecule has 2 aromatic carbocycles. The molecule has 11 heteroatoms. The van der Waals surface area contributed by atoms with E-state index in [1.807, 2.05) is 0 Å². The Balaban J connectivity index is 1.52.